The van der Waals surface area contributed by atoms with Gasteiger partial charge in [-0.25, -0.2) is 0 Å². The Morgan fingerprint density at radius 1 is 1.16 bits per heavy atom. The second-order valence-electron chi connectivity index (χ2n) is 6.89. The minimum Gasteiger partial charge on any atom is -0.493 e. The second-order valence-corrected chi connectivity index (χ2v) is 8.24. The minimum atomic E-state index is -0.141. The molecule has 0 aliphatic heterocycles. The first-order valence-electron chi connectivity index (χ1n) is 9.79. The molecule has 1 amide bonds. The van der Waals surface area contributed by atoms with Crippen molar-refractivity contribution in [2.75, 3.05) is 18.2 Å². The molecule has 0 aliphatic rings. The highest BCUT2D eigenvalue weighted by Gasteiger charge is 2.15. The third kappa shape index (κ3) is 5.92. The average molecular weight is 461 g/mol. The molecule has 0 aliphatic carbocycles. The number of halogens is 1. The fraction of sp³-hybridized carbons (Fsp3) is 0.318. The molecule has 31 heavy (non-hydrogen) atoms. The Hall–Kier alpha value is -2.71. The largest absolute Gasteiger partial charge is 0.493 e. The number of benzene rings is 2. The van der Waals surface area contributed by atoms with Crippen LogP contribution in [0, 0.1) is 13.8 Å². The molecule has 0 saturated heterocycles. The molecule has 3 rings (SSSR count). The molecular weight excluding hydrogens is 436 g/mol. The summed E-state index contributed by atoms with van der Waals surface area (Å²) in [6.07, 6.45) is 0. The van der Waals surface area contributed by atoms with Gasteiger partial charge in [0.15, 0.2) is 22.5 Å². The lowest BCUT2D eigenvalue weighted by Crippen LogP contribution is -2.15. The first kappa shape index (κ1) is 23.0. The zero-order valence-corrected chi connectivity index (χ0v) is 19.5. The van der Waals surface area contributed by atoms with E-state index >= 15 is 0 Å². The van der Waals surface area contributed by atoms with E-state index in [1.165, 1.54) is 11.8 Å². The molecule has 0 fully saturated rings. The average Bonchev–Trinajstić information content (AvgIpc) is 3.15. The number of aryl methyl sites for hydroxylation is 2. The molecule has 3 aromatic rings. The summed E-state index contributed by atoms with van der Waals surface area (Å²) in [5.41, 5.74) is 2.72. The molecule has 0 radical (unpaired) electrons. The highest BCUT2D eigenvalue weighted by Crippen LogP contribution is 2.29. The zero-order chi connectivity index (χ0) is 22.4. The van der Waals surface area contributed by atoms with E-state index in [0.717, 1.165) is 11.1 Å². The minimum absolute atomic E-state index is 0.141. The summed E-state index contributed by atoms with van der Waals surface area (Å²) in [5.74, 6) is 2.06. The number of rotatable bonds is 9. The highest BCUT2D eigenvalue weighted by molar-refractivity contribution is 7.99. The van der Waals surface area contributed by atoms with Crippen LogP contribution in [0.3, 0.4) is 0 Å². The summed E-state index contributed by atoms with van der Waals surface area (Å²) in [6.45, 7) is 6.81. The molecule has 7 nitrogen and oxygen atoms in total. The topological polar surface area (TPSA) is 78.3 Å². The number of thioether (sulfide) groups is 1. The molecule has 0 atom stereocenters. The van der Waals surface area contributed by atoms with E-state index in [0.29, 0.717) is 39.7 Å². The number of amides is 1. The summed E-state index contributed by atoms with van der Waals surface area (Å²) >= 11 is 7.44. The standard InChI is InChI=1S/C22H25ClN4O3S/c1-5-27-20(12-30-18-9-6-14(2)10-19(18)29-4)25-26-22(27)31-13-21(28)24-16-8-7-15(3)17(23)11-16/h6-11H,5,12-13H2,1-4H3,(H,24,28). The quantitative estimate of drug-likeness (QED) is 0.458. The smallest absolute Gasteiger partial charge is 0.234 e. The fourth-order valence-electron chi connectivity index (χ4n) is 2.88. The molecule has 1 heterocycles. The van der Waals surface area contributed by atoms with Gasteiger partial charge in [0.2, 0.25) is 5.91 Å². The Labute approximate surface area is 191 Å². The van der Waals surface area contributed by atoms with Crippen LogP contribution in [-0.4, -0.2) is 33.5 Å². The van der Waals surface area contributed by atoms with Crippen molar-refractivity contribution >= 4 is 35.0 Å². The number of nitrogens with zero attached hydrogens (tertiary/aromatic N) is 3. The van der Waals surface area contributed by atoms with Crippen LogP contribution in [0.5, 0.6) is 11.5 Å². The molecular formula is C22H25ClN4O3S. The van der Waals surface area contributed by atoms with E-state index in [2.05, 4.69) is 15.5 Å². The van der Waals surface area contributed by atoms with E-state index in [4.69, 9.17) is 21.1 Å². The number of aromatic nitrogens is 3. The van der Waals surface area contributed by atoms with Gasteiger partial charge in [0.1, 0.15) is 6.61 Å². The lowest BCUT2D eigenvalue weighted by atomic mass is 10.2. The van der Waals surface area contributed by atoms with Crippen molar-refractivity contribution < 1.29 is 14.3 Å². The number of nitrogens with one attached hydrogen (secondary N) is 1. The molecule has 1 N–H and O–H groups in total. The highest BCUT2D eigenvalue weighted by atomic mass is 35.5. The van der Waals surface area contributed by atoms with Crippen LogP contribution < -0.4 is 14.8 Å². The van der Waals surface area contributed by atoms with Crippen LogP contribution in [0.4, 0.5) is 5.69 Å². The van der Waals surface area contributed by atoms with Crippen molar-refractivity contribution in [1.82, 2.24) is 14.8 Å². The lowest BCUT2D eigenvalue weighted by molar-refractivity contribution is -0.113. The predicted molar refractivity (Wildman–Crippen MR) is 123 cm³/mol. The van der Waals surface area contributed by atoms with Gasteiger partial charge in [-0.3, -0.25) is 4.79 Å². The molecule has 0 spiro atoms. The number of hydrogen-bond acceptors (Lipinski definition) is 6. The van der Waals surface area contributed by atoms with Crippen LogP contribution in [0.1, 0.15) is 23.9 Å². The Morgan fingerprint density at radius 2 is 1.97 bits per heavy atom. The van der Waals surface area contributed by atoms with Gasteiger partial charge in [0.25, 0.3) is 0 Å². The van der Waals surface area contributed by atoms with Gasteiger partial charge < -0.3 is 19.4 Å². The Morgan fingerprint density at radius 3 is 2.68 bits per heavy atom. The summed E-state index contributed by atoms with van der Waals surface area (Å²) in [7, 11) is 1.61. The zero-order valence-electron chi connectivity index (χ0n) is 17.9. The summed E-state index contributed by atoms with van der Waals surface area (Å²) in [5, 5.41) is 12.6. The molecule has 2 aromatic carbocycles. The number of anilines is 1. The van der Waals surface area contributed by atoms with Crippen molar-refractivity contribution in [2.24, 2.45) is 0 Å². The van der Waals surface area contributed by atoms with E-state index < -0.39 is 0 Å². The summed E-state index contributed by atoms with van der Waals surface area (Å²) in [4.78, 5) is 12.3. The lowest BCUT2D eigenvalue weighted by Gasteiger charge is -2.12. The van der Waals surface area contributed by atoms with Crippen LogP contribution in [0.15, 0.2) is 41.6 Å². The maximum absolute atomic E-state index is 12.3. The van der Waals surface area contributed by atoms with E-state index in [9.17, 15) is 4.79 Å². The molecule has 1 aromatic heterocycles. The first-order valence-corrected chi connectivity index (χ1v) is 11.2. The molecule has 9 heteroatoms. The maximum Gasteiger partial charge on any atom is 0.234 e. The third-order valence-corrected chi connectivity index (χ3v) is 5.95. The maximum atomic E-state index is 12.3. The van der Waals surface area contributed by atoms with Gasteiger partial charge in [0.05, 0.1) is 12.9 Å². The van der Waals surface area contributed by atoms with Gasteiger partial charge in [-0.05, 0) is 56.2 Å². The van der Waals surface area contributed by atoms with E-state index in [1.54, 1.807) is 13.2 Å². The van der Waals surface area contributed by atoms with Crippen molar-refractivity contribution in [3.8, 4) is 11.5 Å². The van der Waals surface area contributed by atoms with Crippen LogP contribution in [0.2, 0.25) is 5.02 Å². The van der Waals surface area contributed by atoms with Crippen LogP contribution in [-0.2, 0) is 17.9 Å². The molecule has 0 bridgehead atoms. The Kier molecular flexibility index (Phi) is 7.81. The van der Waals surface area contributed by atoms with Crippen molar-refractivity contribution in [1.29, 1.82) is 0 Å². The van der Waals surface area contributed by atoms with Crippen molar-refractivity contribution in [2.45, 2.75) is 39.1 Å². The molecule has 0 saturated carbocycles. The Bertz CT molecular complexity index is 1070. The predicted octanol–water partition coefficient (Wildman–Crippen LogP) is 4.89. The van der Waals surface area contributed by atoms with Gasteiger partial charge in [0, 0.05) is 17.3 Å². The first-order chi connectivity index (χ1) is 14.9. The van der Waals surface area contributed by atoms with Gasteiger partial charge in [-0.1, -0.05) is 35.5 Å². The Balaban J connectivity index is 1.60. The van der Waals surface area contributed by atoms with Crippen LogP contribution in [0.25, 0.3) is 0 Å². The number of methoxy groups -OCH3 is 1. The van der Waals surface area contributed by atoms with Gasteiger partial charge >= 0.3 is 0 Å². The van der Waals surface area contributed by atoms with Crippen LogP contribution >= 0.6 is 23.4 Å². The molecule has 0 unspecified atom stereocenters. The van der Waals surface area contributed by atoms with Crippen molar-refractivity contribution in [3.05, 3.63) is 58.4 Å². The number of carbonyl (C=O) groups excluding carboxylic acids is 1. The number of ether oxygens (including phenoxy) is 2. The van der Waals surface area contributed by atoms with Gasteiger partial charge in [-0.15, -0.1) is 10.2 Å². The van der Waals surface area contributed by atoms with E-state index in [-0.39, 0.29) is 18.3 Å². The van der Waals surface area contributed by atoms with Gasteiger partial charge in [-0.2, -0.15) is 0 Å². The third-order valence-electron chi connectivity index (χ3n) is 4.57. The monoisotopic (exact) mass is 460 g/mol. The summed E-state index contributed by atoms with van der Waals surface area (Å²) < 4.78 is 13.2. The van der Waals surface area contributed by atoms with Crippen molar-refractivity contribution in [3.63, 3.8) is 0 Å². The SMILES string of the molecule is CCn1c(COc2ccc(C)cc2OC)nnc1SCC(=O)Nc1ccc(C)c(Cl)c1. The van der Waals surface area contributed by atoms with E-state index in [1.807, 2.05) is 55.7 Å². The fourth-order valence-corrected chi connectivity index (χ4v) is 3.89. The second kappa shape index (κ2) is 10.5. The number of carbonyl (C=O) groups is 1. The normalized spacial score (nSPS) is 10.7. The molecule has 164 valence electrons. The number of hydrogen-bond donors (Lipinski definition) is 1. The summed E-state index contributed by atoms with van der Waals surface area (Å²) in [6, 6.07) is 11.2.